The van der Waals surface area contributed by atoms with Crippen molar-refractivity contribution in [2.75, 3.05) is 29.2 Å². The van der Waals surface area contributed by atoms with E-state index in [1.165, 1.54) is 6.07 Å². The first-order valence-electron chi connectivity index (χ1n) is 14.1. The normalized spacial score (nSPS) is 15.5. The van der Waals surface area contributed by atoms with Gasteiger partial charge in [0.1, 0.15) is 0 Å². The van der Waals surface area contributed by atoms with Gasteiger partial charge in [0, 0.05) is 31.0 Å². The standard InChI is InChI=1S/C34H28F3N7/c1-21-29-30(22-16-18-25(19-17-22)42(2)3)43-28-15-8-7-14-27(28)39-31(38-24-11-9-10-23(20-24)34(35,36)37)33(43)40-32(29)44(41-21)26-12-5-4-6-13-26/h4-20,30H,1-3H3,(H,38,39)/t30-/m1/s1. The van der Waals surface area contributed by atoms with Gasteiger partial charge in [0.15, 0.2) is 17.5 Å². The maximum absolute atomic E-state index is 13.6. The number of benzene rings is 4. The van der Waals surface area contributed by atoms with Crippen LogP contribution < -0.4 is 15.1 Å². The largest absolute Gasteiger partial charge is 0.416 e. The Labute approximate surface area is 252 Å². The molecule has 2 aliphatic rings. The predicted molar refractivity (Wildman–Crippen MR) is 169 cm³/mol. The fourth-order valence-corrected chi connectivity index (χ4v) is 5.73. The molecule has 220 valence electrons. The van der Waals surface area contributed by atoms with Crippen molar-refractivity contribution in [3.8, 4) is 5.69 Å². The zero-order chi connectivity index (χ0) is 30.6. The Bertz CT molecular complexity index is 1920. The van der Waals surface area contributed by atoms with Crippen LogP contribution >= 0.6 is 0 Å². The van der Waals surface area contributed by atoms with Crippen LogP contribution in [0.2, 0.25) is 0 Å². The number of hydrogen-bond donors (Lipinski definition) is 1. The highest BCUT2D eigenvalue weighted by molar-refractivity contribution is 6.51. The van der Waals surface area contributed by atoms with Crippen LogP contribution in [0, 0.1) is 6.92 Å². The van der Waals surface area contributed by atoms with Crippen LogP contribution in [0.25, 0.3) is 5.69 Å². The lowest BCUT2D eigenvalue weighted by atomic mass is 9.93. The van der Waals surface area contributed by atoms with E-state index in [0.717, 1.165) is 46.0 Å². The minimum atomic E-state index is -4.48. The van der Waals surface area contributed by atoms with E-state index in [9.17, 15) is 13.2 Å². The second kappa shape index (κ2) is 10.4. The number of para-hydroxylation sites is 3. The zero-order valence-corrected chi connectivity index (χ0v) is 24.2. The molecule has 0 saturated heterocycles. The molecule has 3 heterocycles. The molecule has 0 spiro atoms. The number of aromatic nitrogens is 2. The number of alkyl halides is 3. The molecule has 0 unspecified atom stereocenters. The highest BCUT2D eigenvalue weighted by Crippen LogP contribution is 2.48. The molecule has 0 bridgehead atoms. The van der Waals surface area contributed by atoms with Gasteiger partial charge in [-0.3, -0.25) is 0 Å². The number of halogens is 3. The first kappa shape index (κ1) is 27.5. The molecule has 7 nitrogen and oxygen atoms in total. The van der Waals surface area contributed by atoms with Gasteiger partial charge in [0.25, 0.3) is 0 Å². The molecule has 7 rings (SSSR count). The zero-order valence-electron chi connectivity index (χ0n) is 24.2. The smallest absolute Gasteiger partial charge is 0.378 e. The molecular formula is C34H28F3N7. The lowest BCUT2D eigenvalue weighted by Crippen LogP contribution is -2.46. The topological polar surface area (TPSA) is 61.1 Å². The van der Waals surface area contributed by atoms with Crippen molar-refractivity contribution in [2.24, 2.45) is 9.98 Å². The molecule has 5 aromatic rings. The molecule has 0 amide bonds. The maximum Gasteiger partial charge on any atom is 0.416 e. The van der Waals surface area contributed by atoms with Crippen molar-refractivity contribution < 1.29 is 13.2 Å². The Morgan fingerprint density at radius 3 is 2.27 bits per heavy atom. The Morgan fingerprint density at radius 2 is 1.55 bits per heavy atom. The summed E-state index contributed by atoms with van der Waals surface area (Å²) in [7, 11) is 3.99. The summed E-state index contributed by atoms with van der Waals surface area (Å²) in [6, 6.07) is 30.6. The first-order valence-corrected chi connectivity index (χ1v) is 14.1. The maximum atomic E-state index is 13.6. The lowest BCUT2D eigenvalue weighted by Gasteiger charge is -2.40. The van der Waals surface area contributed by atoms with Crippen LogP contribution in [0.4, 0.5) is 41.7 Å². The molecule has 1 atom stereocenters. The molecule has 44 heavy (non-hydrogen) atoms. The summed E-state index contributed by atoms with van der Waals surface area (Å²) < 4.78 is 42.6. The monoisotopic (exact) mass is 591 g/mol. The van der Waals surface area contributed by atoms with Gasteiger partial charge in [0.2, 0.25) is 0 Å². The quantitative estimate of drug-likeness (QED) is 0.230. The van der Waals surface area contributed by atoms with Gasteiger partial charge in [-0.1, -0.05) is 48.5 Å². The van der Waals surface area contributed by atoms with E-state index in [1.807, 2.05) is 85.2 Å². The van der Waals surface area contributed by atoms with Crippen LogP contribution in [-0.2, 0) is 6.18 Å². The van der Waals surface area contributed by atoms with Crippen LogP contribution in [0.1, 0.15) is 28.4 Å². The minimum Gasteiger partial charge on any atom is -0.378 e. The third kappa shape index (κ3) is 4.68. The molecule has 4 aromatic carbocycles. The summed E-state index contributed by atoms with van der Waals surface area (Å²) >= 11 is 0. The average molecular weight is 592 g/mol. The number of nitrogens with zero attached hydrogens (tertiary/aromatic N) is 6. The van der Waals surface area contributed by atoms with Crippen molar-refractivity contribution in [3.05, 3.63) is 126 Å². The number of hydrogen-bond acceptors (Lipinski definition) is 6. The van der Waals surface area contributed by atoms with Gasteiger partial charge in [-0.25, -0.2) is 14.7 Å². The summed E-state index contributed by atoms with van der Waals surface area (Å²) in [5.41, 5.74) is 5.68. The SMILES string of the molecule is Cc1nn(-c2ccccc2)c2c1[C@@H](c1ccc(N(C)C)cc1)N1C(=N2)C(Nc2cccc(C(F)(F)F)c2)=Nc2ccccc21. The summed E-state index contributed by atoms with van der Waals surface area (Å²) in [4.78, 5) is 14.2. The van der Waals surface area contributed by atoms with E-state index >= 15 is 0 Å². The highest BCUT2D eigenvalue weighted by Gasteiger charge is 2.41. The van der Waals surface area contributed by atoms with E-state index in [4.69, 9.17) is 15.1 Å². The summed E-state index contributed by atoms with van der Waals surface area (Å²) in [6.45, 7) is 1.98. The number of amidine groups is 2. The molecule has 1 N–H and O–H groups in total. The highest BCUT2D eigenvalue weighted by atomic mass is 19.4. The van der Waals surface area contributed by atoms with E-state index in [-0.39, 0.29) is 11.7 Å². The van der Waals surface area contributed by atoms with Crippen molar-refractivity contribution in [1.29, 1.82) is 0 Å². The Morgan fingerprint density at radius 1 is 0.818 bits per heavy atom. The van der Waals surface area contributed by atoms with Crippen LogP contribution in [0.5, 0.6) is 0 Å². The molecule has 1 aromatic heterocycles. The van der Waals surface area contributed by atoms with Gasteiger partial charge in [-0.05, 0) is 67.1 Å². The second-order valence-corrected chi connectivity index (χ2v) is 10.9. The van der Waals surface area contributed by atoms with E-state index in [0.29, 0.717) is 23.2 Å². The van der Waals surface area contributed by atoms with Gasteiger partial charge in [-0.15, -0.1) is 0 Å². The van der Waals surface area contributed by atoms with E-state index in [1.54, 1.807) is 6.07 Å². The van der Waals surface area contributed by atoms with Gasteiger partial charge in [-0.2, -0.15) is 18.3 Å². The van der Waals surface area contributed by atoms with Gasteiger partial charge < -0.3 is 15.1 Å². The molecule has 10 heteroatoms. The lowest BCUT2D eigenvalue weighted by molar-refractivity contribution is -0.137. The number of aliphatic imine (C=N–C) groups is 2. The molecule has 0 fully saturated rings. The third-order valence-corrected chi connectivity index (χ3v) is 7.82. The van der Waals surface area contributed by atoms with Crippen molar-refractivity contribution in [1.82, 2.24) is 9.78 Å². The number of anilines is 3. The van der Waals surface area contributed by atoms with Crippen LogP contribution in [-0.4, -0.2) is 35.5 Å². The third-order valence-electron chi connectivity index (χ3n) is 7.82. The number of nitrogens with one attached hydrogen (secondary N) is 1. The molecule has 0 aliphatic carbocycles. The molecule has 0 saturated carbocycles. The fourth-order valence-electron chi connectivity index (χ4n) is 5.73. The summed E-state index contributed by atoms with van der Waals surface area (Å²) in [5, 5.41) is 8.10. The summed E-state index contributed by atoms with van der Waals surface area (Å²) in [5.74, 6) is 1.45. The van der Waals surface area contributed by atoms with Gasteiger partial charge >= 0.3 is 6.18 Å². The van der Waals surface area contributed by atoms with Gasteiger partial charge in [0.05, 0.1) is 34.4 Å². The number of rotatable bonds is 4. The molecule has 2 aliphatic heterocycles. The van der Waals surface area contributed by atoms with Crippen LogP contribution in [0.3, 0.4) is 0 Å². The van der Waals surface area contributed by atoms with Crippen molar-refractivity contribution in [3.63, 3.8) is 0 Å². The predicted octanol–water partition coefficient (Wildman–Crippen LogP) is 8.06. The minimum absolute atomic E-state index is 0.256. The van der Waals surface area contributed by atoms with Crippen LogP contribution in [0.15, 0.2) is 113 Å². The average Bonchev–Trinajstić information content (AvgIpc) is 3.36. The second-order valence-electron chi connectivity index (χ2n) is 10.9. The van der Waals surface area contributed by atoms with Crippen molar-refractivity contribution >= 4 is 40.2 Å². The number of fused-ring (bicyclic) bond motifs is 4. The fraction of sp³-hybridized carbons (Fsp3) is 0.147. The van der Waals surface area contributed by atoms with Crippen molar-refractivity contribution in [2.45, 2.75) is 19.1 Å². The Hall–Kier alpha value is -5.38. The Kier molecular flexibility index (Phi) is 6.49. The molecular weight excluding hydrogens is 563 g/mol. The number of aryl methyl sites for hydroxylation is 1. The Balaban J connectivity index is 1.46. The van der Waals surface area contributed by atoms with E-state index < -0.39 is 11.7 Å². The summed E-state index contributed by atoms with van der Waals surface area (Å²) in [6.07, 6.45) is -4.48. The molecule has 0 radical (unpaired) electrons. The first-order chi connectivity index (χ1) is 21.2. The van der Waals surface area contributed by atoms with E-state index in [2.05, 4.69) is 34.5 Å².